The average molecular weight is 980 g/mol. The number of fused-ring (bicyclic) bond motifs is 1. The summed E-state index contributed by atoms with van der Waals surface area (Å²) in [5, 5.41) is 29.3. The normalized spacial score (nSPS) is 28.3. The molecule has 0 heterocycles. The van der Waals surface area contributed by atoms with Crippen molar-refractivity contribution in [3.8, 4) is 0 Å². The number of carboxylic acid groups (broad SMARTS) is 2. The number of hydrogen-bond donors (Lipinski definition) is 5. The molecular formula is C61H59ClN4O6. The molecule has 8 aliphatic carbocycles. The zero-order valence-electron chi connectivity index (χ0n) is 40.3. The van der Waals surface area contributed by atoms with E-state index in [4.69, 9.17) is 11.6 Å². The summed E-state index contributed by atoms with van der Waals surface area (Å²) in [6, 6.07) is 43.0. The van der Waals surface area contributed by atoms with E-state index in [0.717, 1.165) is 70.1 Å². The van der Waals surface area contributed by atoms with Crippen molar-refractivity contribution in [2.24, 2.45) is 47.3 Å². The molecule has 10 nitrogen and oxygen atoms in total. The third-order valence-corrected chi connectivity index (χ3v) is 18.6. The van der Waals surface area contributed by atoms with Gasteiger partial charge in [-0.3, -0.25) is 9.59 Å². The average Bonchev–Trinajstić information content (AvgIpc) is 3.37. The Kier molecular flexibility index (Phi) is 11.5. The van der Waals surface area contributed by atoms with E-state index in [1.807, 2.05) is 37.4 Å². The van der Waals surface area contributed by atoms with E-state index in [2.05, 4.69) is 58.4 Å². The predicted octanol–water partition coefficient (Wildman–Crippen LogP) is 13.8. The quantitative estimate of drug-likeness (QED) is 0.0768. The lowest BCUT2D eigenvalue weighted by atomic mass is 9.37. The van der Waals surface area contributed by atoms with Gasteiger partial charge in [-0.25, -0.2) is 9.59 Å². The van der Waals surface area contributed by atoms with Crippen molar-refractivity contribution < 1.29 is 29.4 Å². The van der Waals surface area contributed by atoms with Crippen LogP contribution in [0.3, 0.4) is 0 Å². The minimum absolute atomic E-state index is 0.0371. The summed E-state index contributed by atoms with van der Waals surface area (Å²) in [6.45, 7) is 0. The third-order valence-electron chi connectivity index (χ3n) is 18.3. The predicted molar refractivity (Wildman–Crippen MR) is 282 cm³/mol. The van der Waals surface area contributed by atoms with E-state index in [1.165, 1.54) is 81.4 Å². The van der Waals surface area contributed by atoms with Crippen LogP contribution in [0.25, 0.3) is 0 Å². The second-order valence-corrected chi connectivity index (χ2v) is 22.7. The van der Waals surface area contributed by atoms with E-state index in [0.29, 0.717) is 21.8 Å². The lowest BCUT2D eigenvalue weighted by Crippen LogP contribution is -2.61. The topological polar surface area (TPSA) is 148 Å². The number of aromatic carboxylic acids is 2. The highest BCUT2D eigenvalue weighted by Crippen LogP contribution is 2.71. The van der Waals surface area contributed by atoms with E-state index in [9.17, 15) is 29.4 Å². The van der Waals surface area contributed by atoms with Gasteiger partial charge in [0.05, 0.1) is 33.2 Å². The SMILES string of the molecule is CN(c1cccc(C(=O)Nc2ccc(C34CC5CC(C3)C(C3C6CC7CC3CC(c3ccc(Nc8ccc(C(=O)Nc9ccccc9C(=O)O)cc8)c(Cl)c3)(C7)C6)C(C5)C4)cc2)c1)c1ccccc1C(=O)O. The maximum Gasteiger partial charge on any atom is 0.337 e. The fraction of sp³-hybridized carbons (Fsp3) is 0.344. The fourth-order valence-electron chi connectivity index (χ4n) is 15.9. The van der Waals surface area contributed by atoms with Gasteiger partial charge in [0.1, 0.15) is 0 Å². The standard InChI is InChI=1S/C61H59ClN4O6/c1-66(53-12-5-3-10-49(53)59(71)72)47-8-6-7-38(27-47)57(68)64-46-20-15-43(16-21-46)60-29-35-23-39(31-60)54(40(24-35)32-60)55-41-25-36-26-42(55)34-61(30-36,33-41)44-17-22-52(50(62)28-44)63-45-18-13-37(14-19-45)56(67)65-51-11-4-2-9-48(51)58(69)70/h2-22,27-28,35-36,39-42,54-55,63H,23-26,29-34H2,1H3,(H,64,68)(H,65,67)(H,69,70)(H,71,72). The molecule has 2 amide bonds. The van der Waals surface area contributed by atoms with Gasteiger partial charge in [0.25, 0.3) is 11.8 Å². The van der Waals surface area contributed by atoms with Crippen LogP contribution in [0.4, 0.5) is 34.1 Å². The molecule has 8 fully saturated rings. The van der Waals surface area contributed by atoms with Crippen LogP contribution in [-0.2, 0) is 10.8 Å². The number of nitrogens with one attached hydrogen (secondary N) is 3. The first kappa shape index (κ1) is 46.2. The van der Waals surface area contributed by atoms with Crippen LogP contribution in [0, 0.1) is 47.3 Å². The van der Waals surface area contributed by atoms with Crippen LogP contribution < -0.4 is 20.9 Å². The summed E-state index contributed by atoms with van der Waals surface area (Å²) in [6.07, 6.45) is 13.1. The molecule has 8 bridgehead atoms. The summed E-state index contributed by atoms with van der Waals surface area (Å²) in [7, 11) is 1.81. The van der Waals surface area contributed by atoms with Gasteiger partial charge in [0.2, 0.25) is 0 Å². The maximum atomic E-state index is 13.6. The minimum atomic E-state index is -1.10. The molecule has 6 aromatic rings. The van der Waals surface area contributed by atoms with E-state index < -0.39 is 11.9 Å². The van der Waals surface area contributed by atoms with Crippen LogP contribution in [0.5, 0.6) is 0 Å². The Morgan fingerprint density at radius 2 is 1.07 bits per heavy atom. The number of hydrogen-bond acceptors (Lipinski definition) is 6. The first-order valence-corrected chi connectivity index (χ1v) is 26.1. The van der Waals surface area contributed by atoms with Crippen molar-refractivity contribution in [3.05, 3.63) is 178 Å². The second-order valence-electron chi connectivity index (χ2n) is 22.3. The molecule has 0 spiro atoms. The molecule has 0 aromatic heterocycles. The number of carbonyl (C=O) groups excluding carboxylic acids is 2. The van der Waals surface area contributed by atoms with Gasteiger partial charge < -0.3 is 31.1 Å². The van der Waals surface area contributed by atoms with Crippen LogP contribution in [0.2, 0.25) is 5.02 Å². The van der Waals surface area contributed by atoms with Crippen molar-refractivity contribution >= 4 is 69.5 Å². The first-order chi connectivity index (χ1) is 34.8. The summed E-state index contributed by atoms with van der Waals surface area (Å²) in [5.74, 6) is 3.52. The number of benzene rings is 6. The van der Waals surface area contributed by atoms with Gasteiger partial charge in [-0.05, 0) is 225 Å². The zero-order valence-corrected chi connectivity index (χ0v) is 41.1. The fourth-order valence-corrected chi connectivity index (χ4v) is 16.2. The molecule has 0 saturated heterocycles. The monoisotopic (exact) mass is 978 g/mol. The van der Waals surface area contributed by atoms with Gasteiger partial charge in [-0.2, -0.15) is 0 Å². The van der Waals surface area contributed by atoms with E-state index in [1.54, 1.807) is 65.6 Å². The largest absolute Gasteiger partial charge is 0.478 e. The van der Waals surface area contributed by atoms with Crippen molar-refractivity contribution in [1.29, 1.82) is 0 Å². The number of halogens is 1. The van der Waals surface area contributed by atoms with Gasteiger partial charge >= 0.3 is 11.9 Å². The van der Waals surface area contributed by atoms with E-state index >= 15 is 0 Å². The van der Waals surface area contributed by atoms with Gasteiger partial charge in [-0.15, -0.1) is 0 Å². The van der Waals surface area contributed by atoms with Crippen molar-refractivity contribution in [2.75, 3.05) is 27.9 Å². The van der Waals surface area contributed by atoms with Crippen molar-refractivity contribution in [2.45, 2.75) is 75.0 Å². The van der Waals surface area contributed by atoms with Crippen LogP contribution in [-0.4, -0.2) is 41.0 Å². The molecule has 8 saturated carbocycles. The lowest BCUT2D eigenvalue weighted by Gasteiger charge is -2.68. The molecule has 6 aromatic carbocycles. The highest BCUT2D eigenvalue weighted by Gasteiger charge is 2.63. The Bertz CT molecular complexity index is 3100. The number of nitrogens with zero attached hydrogens (tertiary/aromatic N) is 1. The summed E-state index contributed by atoms with van der Waals surface area (Å²) in [4.78, 5) is 52.0. The Morgan fingerprint density at radius 3 is 1.68 bits per heavy atom. The zero-order chi connectivity index (χ0) is 49.5. The molecule has 366 valence electrons. The van der Waals surface area contributed by atoms with Crippen LogP contribution >= 0.6 is 11.6 Å². The molecule has 5 N–H and O–H groups in total. The van der Waals surface area contributed by atoms with Gasteiger partial charge in [0, 0.05) is 35.2 Å². The molecular weight excluding hydrogens is 920 g/mol. The molecule has 72 heavy (non-hydrogen) atoms. The number of anilines is 6. The Hall–Kier alpha value is -6.91. The number of amides is 2. The van der Waals surface area contributed by atoms with Crippen molar-refractivity contribution in [1.82, 2.24) is 0 Å². The Labute approximate surface area is 425 Å². The van der Waals surface area contributed by atoms with Crippen LogP contribution in [0.15, 0.2) is 140 Å². The van der Waals surface area contributed by atoms with E-state index in [-0.39, 0.29) is 39.5 Å². The minimum Gasteiger partial charge on any atom is -0.478 e. The van der Waals surface area contributed by atoms with Gasteiger partial charge in [-0.1, -0.05) is 60.1 Å². The van der Waals surface area contributed by atoms with Gasteiger partial charge in [0.15, 0.2) is 0 Å². The molecule has 8 aliphatic rings. The van der Waals surface area contributed by atoms with Crippen LogP contribution in [0.1, 0.15) is 117 Å². The second kappa shape index (κ2) is 18.0. The summed E-state index contributed by atoms with van der Waals surface area (Å²) < 4.78 is 0. The maximum absolute atomic E-state index is 13.6. The Balaban J connectivity index is 0.695. The lowest BCUT2D eigenvalue weighted by molar-refractivity contribution is -0.151. The number of carbonyl (C=O) groups is 4. The Morgan fingerprint density at radius 1 is 0.528 bits per heavy atom. The third kappa shape index (κ3) is 8.21. The molecule has 0 radical (unpaired) electrons. The molecule has 0 aliphatic heterocycles. The smallest absolute Gasteiger partial charge is 0.337 e. The highest BCUT2D eigenvalue weighted by atomic mass is 35.5. The van der Waals surface area contributed by atoms with Crippen molar-refractivity contribution in [3.63, 3.8) is 0 Å². The number of para-hydroxylation sites is 2. The number of carboxylic acids is 2. The molecule has 14 rings (SSSR count). The highest BCUT2D eigenvalue weighted by molar-refractivity contribution is 6.33. The number of rotatable bonds is 13. The molecule has 11 heteroatoms. The summed E-state index contributed by atoms with van der Waals surface area (Å²) >= 11 is 7.12. The summed E-state index contributed by atoms with van der Waals surface area (Å²) in [5.41, 5.74) is 8.27. The first-order valence-electron chi connectivity index (χ1n) is 25.7. The molecule has 4 unspecified atom stereocenters. The molecule has 4 atom stereocenters.